The van der Waals surface area contributed by atoms with Gasteiger partial charge in [0, 0.05) is 24.9 Å². The van der Waals surface area contributed by atoms with Crippen molar-refractivity contribution in [2.75, 3.05) is 13.2 Å². The van der Waals surface area contributed by atoms with Crippen LogP contribution < -0.4 is 10.6 Å². The van der Waals surface area contributed by atoms with Crippen LogP contribution >= 0.6 is 0 Å². The average molecular weight is 390 g/mol. The van der Waals surface area contributed by atoms with Gasteiger partial charge in [-0.15, -0.1) is 0 Å². The van der Waals surface area contributed by atoms with Gasteiger partial charge in [-0.25, -0.2) is 4.98 Å². The quantitative estimate of drug-likeness (QED) is 0.645. The Kier molecular flexibility index (Phi) is 7.73. The Labute approximate surface area is 165 Å². The van der Waals surface area contributed by atoms with Crippen molar-refractivity contribution in [1.29, 1.82) is 0 Å². The highest BCUT2D eigenvalue weighted by Crippen LogP contribution is 2.26. The number of carbonyl (C=O) groups is 2. The van der Waals surface area contributed by atoms with Crippen LogP contribution in [0.3, 0.4) is 0 Å². The molecule has 1 saturated carbocycles. The molecule has 1 aliphatic carbocycles. The van der Waals surface area contributed by atoms with Gasteiger partial charge in [0.05, 0.1) is 24.9 Å². The van der Waals surface area contributed by atoms with Crippen LogP contribution in [0.1, 0.15) is 61.9 Å². The molecule has 0 spiro atoms. The van der Waals surface area contributed by atoms with Crippen LogP contribution in [0, 0.1) is 5.92 Å². The van der Waals surface area contributed by atoms with E-state index in [-0.39, 0.29) is 42.2 Å². The van der Waals surface area contributed by atoms with Crippen molar-refractivity contribution >= 4 is 11.8 Å². The SMILES string of the molecule is O=C(NCC[C@@H]1CC[C@@H](NC(=O)C2CCCCC2)[C@H](CO)O1)c1cnccn1. The first-order valence-electron chi connectivity index (χ1n) is 10.3. The van der Waals surface area contributed by atoms with E-state index in [0.717, 1.165) is 38.5 Å². The summed E-state index contributed by atoms with van der Waals surface area (Å²) in [5.41, 5.74) is 0.283. The second-order valence-corrected chi connectivity index (χ2v) is 7.64. The largest absolute Gasteiger partial charge is 0.394 e. The molecule has 2 heterocycles. The number of carbonyl (C=O) groups excluding carboxylic acids is 2. The van der Waals surface area contributed by atoms with Gasteiger partial charge < -0.3 is 20.5 Å². The summed E-state index contributed by atoms with van der Waals surface area (Å²) in [4.78, 5) is 32.3. The monoisotopic (exact) mass is 390 g/mol. The Morgan fingerprint density at radius 1 is 1.14 bits per heavy atom. The molecule has 1 aromatic heterocycles. The number of hydrogen-bond acceptors (Lipinski definition) is 6. The lowest BCUT2D eigenvalue weighted by molar-refractivity contribution is -0.132. The summed E-state index contributed by atoms with van der Waals surface area (Å²) >= 11 is 0. The minimum Gasteiger partial charge on any atom is -0.394 e. The lowest BCUT2D eigenvalue weighted by Gasteiger charge is -2.37. The summed E-state index contributed by atoms with van der Waals surface area (Å²) in [5, 5.41) is 15.6. The fourth-order valence-corrected chi connectivity index (χ4v) is 4.03. The van der Waals surface area contributed by atoms with E-state index in [0.29, 0.717) is 13.0 Å². The zero-order chi connectivity index (χ0) is 19.8. The Hall–Kier alpha value is -2.06. The predicted octanol–water partition coefficient (Wildman–Crippen LogP) is 1.20. The molecule has 2 fully saturated rings. The predicted molar refractivity (Wildman–Crippen MR) is 102 cm³/mol. The van der Waals surface area contributed by atoms with Gasteiger partial charge in [0.25, 0.3) is 5.91 Å². The van der Waals surface area contributed by atoms with Gasteiger partial charge in [0.2, 0.25) is 5.91 Å². The number of hydrogen-bond donors (Lipinski definition) is 3. The van der Waals surface area contributed by atoms with Crippen molar-refractivity contribution in [3.8, 4) is 0 Å². The highest BCUT2D eigenvalue weighted by atomic mass is 16.5. The molecule has 28 heavy (non-hydrogen) atoms. The Morgan fingerprint density at radius 3 is 2.68 bits per heavy atom. The number of nitrogens with one attached hydrogen (secondary N) is 2. The minimum atomic E-state index is -0.401. The fraction of sp³-hybridized carbons (Fsp3) is 0.700. The summed E-state index contributed by atoms with van der Waals surface area (Å²) < 4.78 is 5.98. The number of ether oxygens (including phenoxy) is 1. The van der Waals surface area contributed by atoms with Crippen molar-refractivity contribution in [2.24, 2.45) is 5.92 Å². The molecule has 3 N–H and O–H groups in total. The lowest BCUT2D eigenvalue weighted by Crippen LogP contribution is -2.52. The Morgan fingerprint density at radius 2 is 1.96 bits per heavy atom. The molecular weight excluding hydrogens is 360 g/mol. The normalized spacial score (nSPS) is 25.8. The summed E-state index contributed by atoms with van der Waals surface area (Å²) in [6.07, 6.45) is 11.5. The molecule has 0 aromatic carbocycles. The Balaban J connectivity index is 1.41. The van der Waals surface area contributed by atoms with Crippen molar-refractivity contribution in [3.63, 3.8) is 0 Å². The molecule has 2 aliphatic rings. The van der Waals surface area contributed by atoms with E-state index in [1.54, 1.807) is 0 Å². The van der Waals surface area contributed by atoms with E-state index in [9.17, 15) is 14.7 Å². The van der Waals surface area contributed by atoms with E-state index >= 15 is 0 Å². The van der Waals surface area contributed by atoms with Crippen molar-refractivity contribution in [3.05, 3.63) is 24.3 Å². The number of aliphatic hydroxyl groups is 1. The van der Waals surface area contributed by atoms with Crippen molar-refractivity contribution in [2.45, 2.75) is 69.6 Å². The molecule has 2 amide bonds. The van der Waals surface area contributed by atoms with Crippen LogP contribution in [-0.4, -0.2) is 58.3 Å². The molecular formula is C20H30N4O4. The smallest absolute Gasteiger partial charge is 0.271 e. The third kappa shape index (κ3) is 5.72. The lowest BCUT2D eigenvalue weighted by atomic mass is 9.88. The molecule has 154 valence electrons. The van der Waals surface area contributed by atoms with Crippen LogP contribution in [0.4, 0.5) is 0 Å². The van der Waals surface area contributed by atoms with Crippen molar-refractivity contribution < 1.29 is 19.4 Å². The standard InChI is InChI=1S/C20H30N4O4/c25-13-18-16(24-19(26)14-4-2-1-3-5-14)7-6-15(28-18)8-9-23-20(27)17-12-21-10-11-22-17/h10-12,14-16,18,25H,1-9,13H2,(H,23,27)(H,24,26)/t15-,16+,18-/m0/s1. The van der Waals surface area contributed by atoms with Gasteiger partial charge in [-0.05, 0) is 32.1 Å². The van der Waals surface area contributed by atoms with Crippen LogP contribution in [0.5, 0.6) is 0 Å². The summed E-state index contributed by atoms with van der Waals surface area (Å²) in [5.74, 6) is -0.0659. The topological polar surface area (TPSA) is 113 Å². The summed E-state index contributed by atoms with van der Waals surface area (Å²) in [7, 11) is 0. The molecule has 1 aromatic rings. The van der Waals surface area contributed by atoms with Gasteiger partial charge >= 0.3 is 0 Å². The number of aliphatic hydroxyl groups excluding tert-OH is 1. The zero-order valence-electron chi connectivity index (χ0n) is 16.2. The molecule has 3 atom stereocenters. The van der Waals surface area contributed by atoms with E-state index in [4.69, 9.17) is 4.74 Å². The number of nitrogens with zero attached hydrogens (tertiary/aromatic N) is 2. The maximum Gasteiger partial charge on any atom is 0.271 e. The van der Waals surface area contributed by atoms with E-state index in [2.05, 4.69) is 20.6 Å². The first-order chi connectivity index (χ1) is 13.7. The molecule has 0 unspecified atom stereocenters. The molecule has 0 bridgehead atoms. The molecule has 8 nitrogen and oxygen atoms in total. The van der Waals surface area contributed by atoms with Crippen LogP contribution in [0.2, 0.25) is 0 Å². The third-order valence-electron chi connectivity index (χ3n) is 5.65. The number of aromatic nitrogens is 2. The average Bonchev–Trinajstić information content (AvgIpc) is 2.75. The first kappa shape index (κ1) is 20.7. The van der Waals surface area contributed by atoms with Gasteiger partial charge in [0.1, 0.15) is 11.8 Å². The molecule has 8 heteroatoms. The van der Waals surface area contributed by atoms with Crippen LogP contribution in [0.25, 0.3) is 0 Å². The van der Waals surface area contributed by atoms with E-state index < -0.39 is 6.10 Å². The second-order valence-electron chi connectivity index (χ2n) is 7.64. The van der Waals surface area contributed by atoms with Gasteiger partial charge in [-0.2, -0.15) is 0 Å². The first-order valence-corrected chi connectivity index (χ1v) is 10.3. The Bertz CT molecular complexity index is 636. The minimum absolute atomic E-state index is 0.0536. The molecule has 3 rings (SSSR count). The van der Waals surface area contributed by atoms with E-state index in [1.807, 2.05) is 0 Å². The molecule has 0 radical (unpaired) electrons. The summed E-state index contributed by atoms with van der Waals surface area (Å²) in [6, 6.07) is -0.148. The zero-order valence-corrected chi connectivity index (χ0v) is 16.2. The highest BCUT2D eigenvalue weighted by molar-refractivity contribution is 5.91. The van der Waals surface area contributed by atoms with E-state index in [1.165, 1.54) is 25.0 Å². The third-order valence-corrected chi connectivity index (χ3v) is 5.65. The second kappa shape index (κ2) is 10.5. The van der Waals surface area contributed by atoms with Crippen molar-refractivity contribution in [1.82, 2.24) is 20.6 Å². The number of rotatable bonds is 7. The van der Waals surface area contributed by atoms with Gasteiger partial charge in [-0.3, -0.25) is 14.6 Å². The molecule has 1 saturated heterocycles. The summed E-state index contributed by atoms with van der Waals surface area (Å²) in [6.45, 7) is 0.329. The highest BCUT2D eigenvalue weighted by Gasteiger charge is 2.33. The van der Waals surface area contributed by atoms with Crippen LogP contribution in [-0.2, 0) is 9.53 Å². The molecule has 1 aliphatic heterocycles. The fourth-order valence-electron chi connectivity index (χ4n) is 4.03. The maximum atomic E-state index is 12.5. The van der Waals surface area contributed by atoms with Gasteiger partial charge in [-0.1, -0.05) is 19.3 Å². The van der Waals surface area contributed by atoms with Gasteiger partial charge in [0.15, 0.2) is 0 Å². The maximum absolute atomic E-state index is 12.5. The number of amides is 2. The van der Waals surface area contributed by atoms with Crippen LogP contribution in [0.15, 0.2) is 18.6 Å².